The van der Waals surface area contributed by atoms with Gasteiger partial charge in [-0.3, -0.25) is 19.9 Å². The molecule has 4 aromatic rings. The maximum absolute atomic E-state index is 13.0. The zero-order valence-corrected chi connectivity index (χ0v) is 18.3. The van der Waals surface area contributed by atoms with Crippen molar-refractivity contribution < 1.29 is 14.1 Å². The lowest BCUT2D eigenvalue weighted by molar-refractivity contribution is 0.0749. The molecule has 0 saturated carbocycles. The van der Waals surface area contributed by atoms with Crippen molar-refractivity contribution in [1.29, 1.82) is 0 Å². The van der Waals surface area contributed by atoms with Gasteiger partial charge in [-0.1, -0.05) is 30.3 Å². The predicted molar refractivity (Wildman–Crippen MR) is 121 cm³/mol. The lowest BCUT2D eigenvalue weighted by atomic mass is 9.99. The highest BCUT2D eigenvalue weighted by atomic mass is 32.1. The van der Waals surface area contributed by atoms with E-state index in [-0.39, 0.29) is 23.5 Å². The number of amides is 2. The zero-order chi connectivity index (χ0) is 22.1. The second kappa shape index (κ2) is 8.51. The number of carbonyl (C=O) groups excluding carboxylic acids is 2. The van der Waals surface area contributed by atoms with Gasteiger partial charge in [0.2, 0.25) is 5.76 Å². The fourth-order valence-electron chi connectivity index (χ4n) is 3.96. The third-order valence-corrected chi connectivity index (χ3v) is 6.35. The van der Waals surface area contributed by atoms with Gasteiger partial charge in [-0.15, -0.1) is 11.3 Å². The summed E-state index contributed by atoms with van der Waals surface area (Å²) < 4.78 is 5.21. The van der Waals surface area contributed by atoms with Crippen LogP contribution in [0.2, 0.25) is 0 Å². The number of carbonyl (C=O) groups is 2. The molecule has 1 atom stereocenters. The highest BCUT2D eigenvalue weighted by molar-refractivity contribution is 7.13. The first-order valence-electron chi connectivity index (χ1n) is 10.5. The summed E-state index contributed by atoms with van der Waals surface area (Å²) >= 11 is 1.37. The number of hydrogen-bond acceptors (Lipinski definition) is 7. The SMILES string of the molecule is CCc1cc(C(=O)N2CC[C@H](c3cc(C(=O)Nc4nccs4)c4ccccc4n3)C2)on1. The number of fused-ring (bicyclic) bond motifs is 1. The molecule has 0 bridgehead atoms. The van der Waals surface area contributed by atoms with Crippen molar-refractivity contribution in [3.63, 3.8) is 0 Å². The van der Waals surface area contributed by atoms with Crippen LogP contribution >= 0.6 is 11.3 Å². The third-order valence-electron chi connectivity index (χ3n) is 5.66. The van der Waals surface area contributed by atoms with Gasteiger partial charge in [0.25, 0.3) is 11.8 Å². The Balaban J connectivity index is 1.41. The van der Waals surface area contributed by atoms with Crippen molar-refractivity contribution in [1.82, 2.24) is 20.0 Å². The lowest BCUT2D eigenvalue weighted by Gasteiger charge is -2.16. The number of anilines is 1. The maximum Gasteiger partial charge on any atom is 0.292 e. The maximum atomic E-state index is 13.0. The number of rotatable bonds is 5. The molecule has 1 saturated heterocycles. The second-order valence-electron chi connectivity index (χ2n) is 7.68. The predicted octanol–water partition coefficient (Wildman–Crippen LogP) is 4.12. The number of thiazole rings is 1. The summed E-state index contributed by atoms with van der Waals surface area (Å²) in [5.74, 6) is -0.0947. The molecule has 1 N–H and O–H groups in total. The minimum Gasteiger partial charge on any atom is -0.351 e. The summed E-state index contributed by atoms with van der Waals surface area (Å²) in [6.45, 7) is 3.08. The van der Waals surface area contributed by atoms with Crippen LogP contribution in [0.1, 0.15) is 51.6 Å². The van der Waals surface area contributed by atoms with Gasteiger partial charge in [0, 0.05) is 47.7 Å². The van der Waals surface area contributed by atoms with E-state index in [9.17, 15) is 9.59 Å². The minimum atomic E-state index is -0.223. The normalized spacial score (nSPS) is 15.9. The van der Waals surface area contributed by atoms with Crippen LogP contribution in [0.15, 0.2) is 52.5 Å². The largest absolute Gasteiger partial charge is 0.351 e. The van der Waals surface area contributed by atoms with Crippen LogP contribution in [0, 0.1) is 0 Å². The van der Waals surface area contributed by atoms with E-state index < -0.39 is 0 Å². The Morgan fingerprint density at radius 1 is 1.28 bits per heavy atom. The molecule has 5 rings (SSSR count). The van der Waals surface area contributed by atoms with Crippen molar-refractivity contribution in [2.24, 2.45) is 0 Å². The Labute approximate surface area is 188 Å². The highest BCUT2D eigenvalue weighted by Crippen LogP contribution is 2.30. The van der Waals surface area contributed by atoms with Crippen LogP contribution in [0.5, 0.6) is 0 Å². The molecular weight excluding hydrogens is 426 g/mol. The molecule has 0 spiro atoms. The van der Waals surface area contributed by atoms with Gasteiger partial charge in [-0.25, -0.2) is 4.98 Å². The van der Waals surface area contributed by atoms with Gasteiger partial charge in [0.15, 0.2) is 5.13 Å². The average molecular weight is 448 g/mol. The summed E-state index contributed by atoms with van der Waals surface area (Å²) in [5.41, 5.74) is 2.86. The van der Waals surface area contributed by atoms with Crippen LogP contribution in [0.4, 0.5) is 5.13 Å². The van der Waals surface area contributed by atoms with E-state index in [1.807, 2.05) is 42.6 Å². The molecule has 162 valence electrons. The quantitative estimate of drug-likeness (QED) is 0.494. The molecule has 32 heavy (non-hydrogen) atoms. The molecule has 1 aromatic carbocycles. The summed E-state index contributed by atoms with van der Waals surface area (Å²) in [7, 11) is 0. The Bertz CT molecular complexity index is 1280. The number of hydrogen-bond donors (Lipinski definition) is 1. The van der Waals surface area contributed by atoms with Crippen LogP contribution < -0.4 is 5.32 Å². The number of para-hydroxylation sites is 1. The number of aromatic nitrogens is 3. The van der Waals surface area contributed by atoms with Gasteiger partial charge in [0.05, 0.1) is 16.8 Å². The molecule has 1 aliphatic rings. The number of likely N-dealkylation sites (tertiary alicyclic amines) is 1. The Kier molecular flexibility index (Phi) is 5.40. The van der Waals surface area contributed by atoms with Crippen molar-refractivity contribution in [2.75, 3.05) is 18.4 Å². The Hall–Kier alpha value is -3.59. The third kappa shape index (κ3) is 3.87. The Morgan fingerprint density at radius 2 is 2.16 bits per heavy atom. The lowest BCUT2D eigenvalue weighted by Crippen LogP contribution is -2.28. The van der Waals surface area contributed by atoms with E-state index in [2.05, 4.69) is 15.5 Å². The van der Waals surface area contributed by atoms with Crippen LogP contribution in [-0.2, 0) is 6.42 Å². The molecule has 2 amide bonds. The number of nitrogens with one attached hydrogen (secondary N) is 1. The first-order chi connectivity index (χ1) is 15.6. The van der Waals surface area contributed by atoms with Crippen LogP contribution in [0.3, 0.4) is 0 Å². The van der Waals surface area contributed by atoms with Gasteiger partial charge in [-0.05, 0) is 25.0 Å². The van der Waals surface area contributed by atoms with E-state index in [1.165, 1.54) is 11.3 Å². The number of aryl methyl sites for hydroxylation is 1. The van der Waals surface area contributed by atoms with E-state index >= 15 is 0 Å². The van der Waals surface area contributed by atoms with Gasteiger partial charge in [0.1, 0.15) is 0 Å². The topological polar surface area (TPSA) is 101 Å². The van der Waals surface area contributed by atoms with Gasteiger partial charge in [-0.2, -0.15) is 0 Å². The zero-order valence-electron chi connectivity index (χ0n) is 17.4. The van der Waals surface area contributed by atoms with Crippen molar-refractivity contribution in [3.05, 3.63) is 70.7 Å². The van der Waals surface area contributed by atoms with Crippen molar-refractivity contribution in [2.45, 2.75) is 25.7 Å². The molecular formula is C23H21N5O3S. The standard InChI is InChI=1S/C23H21N5O3S/c1-2-15-11-20(31-27-15)22(30)28-9-7-14(13-28)19-12-17(16-5-3-4-6-18(16)25-19)21(29)26-23-24-8-10-32-23/h3-6,8,10-12,14H,2,7,9,13H2,1H3,(H,24,26,29)/t14-/m0/s1. The first kappa shape index (κ1) is 20.3. The number of benzene rings is 1. The van der Waals surface area contributed by atoms with Gasteiger partial charge >= 0.3 is 0 Å². The molecule has 3 aromatic heterocycles. The fraction of sp³-hybridized carbons (Fsp3) is 0.261. The van der Waals surface area contributed by atoms with E-state index in [4.69, 9.17) is 9.51 Å². The molecule has 0 radical (unpaired) electrons. The minimum absolute atomic E-state index is 0.0311. The summed E-state index contributed by atoms with van der Waals surface area (Å²) in [6, 6.07) is 11.1. The molecule has 1 fully saturated rings. The smallest absolute Gasteiger partial charge is 0.292 e. The average Bonchev–Trinajstić information content (AvgIpc) is 3.59. The molecule has 8 nitrogen and oxygen atoms in total. The fourth-order valence-corrected chi connectivity index (χ4v) is 4.49. The van der Waals surface area contributed by atoms with Crippen LogP contribution in [-0.4, -0.2) is 44.9 Å². The monoisotopic (exact) mass is 447 g/mol. The number of pyridine rings is 1. The summed E-state index contributed by atoms with van der Waals surface area (Å²) in [5, 5.41) is 9.92. The molecule has 0 aliphatic carbocycles. The second-order valence-corrected chi connectivity index (χ2v) is 8.57. The molecule has 9 heteroatoms. The molecule has 4 heterocycles. The highest BCUT2D eigenvalue weighted by Gasteiger charge is 2.31. The van der Waals surface area contributed by atoms with Crippen LogP contribution in [0.25, 0.3) is 10.9 Å². The summed E-state index contributed by atoms with van der Waals surface area (Å²) in [6.07, 6.45) is 3.13. The molecule has 0 unspecified atom stereocenters. The van der Waals surface area contributed by atoms with E-state index in [0.717, 1.165) is 28.7 Å². The van der Waals surface area contributed by atoms with Crippen molar-refractivity contribution >= 4 is 39.2 Å². The number of nitrogens with zero attached hydrogens (tertiary/aromatic N) is 4. The Morgan fingerprint density at radius 3 is 2.94 bits per heavy atom. The summed E-state index contributed by atoms with van der Waals surface area (Å²) in [4.78, 5) is 36.6. The van der Waals surface area contributed by atoms with Crippen molar-refractivity contribution in [3.8, 4) is 0 Å². The first-order valence-corrected chi connectivity index (χ1v) is 11.4. The van der Waals surface area contributed by atoms with E-state index in [1.54, 1.807) is 17.2 Å². The van der Waals surface area contributed by atoms with Gasteiger partial charge < -0.3 is 9.42 Å². The molecule has 1 aliphatic heterocycles. The van der Waals surface area contributed by atoms with E-state index in [0.29, 0.717) is 30.2 Å².